The molecule has 4 rings (SSSR count). The lowest BCUT2D eigenvalue weighted by Crippen LogP contribution is -2.40. The van der Waals surface area contributed by atoms with Crippen molar-refractivity contribution in [2.75, 3.05) is 20.8 Å². The highest BCUT2D eigenvalue weighted by molar-refractivity contribution is 7.07. The van der Waals surface area contributed by atoms with Gasteiger partial charge in [0.1, 0.15) is 22.0 Å². The second-order valence-corrected chi connectivity index (χ2v) is 8.55. The van der Waals surface area contributed by atoms with Gasteiger partial charge in [0.2, 0.25) is 0 Å². The van der Waals surface area contributed by atoms with Crippen LogP contribution in [0.25, 0.3) is 17.5 Å². The number of benzene rings is 2. The molecule has 9 heteroatoms. The highest BCUT2D eigenvalue weighted by Gasteiger charge is 2.37. The summed E-state index contributed by atoms with van der Waals surface area (Å²) in [4.78, 5) is 26.7. The Labute approximate surface area is 205 Å². The smallest absolute Gasteiger partial charge is 0.338 e. The summed E-state index contributed by atoms with van der Waals surface area (Å²) in [6.45, 7) is 1.81. The van der Waals surface area contributed by atoms with Crippen LogP contribution in [0.4, 0.5) is 0 Å². The van der Waals surface area contributed by atoms with E-state index in [1.807, 2.05) is 18.2 Å². The zero-order valence-electron chi connectivity index (χ0n) is 19.4. The summed E-state index contributed by atoms with van der Waals surface area (Å²) in [5.74, 6) is -0.471. The summed E-state index contributed by atoms with van der Waals surface area (Å²) in [5, 5.41) is 10.1. The van der Waals surface area contributed by atoms with Crippen LogP contribution in [-0.4, -0.2) is 31.4 Å². The van der Waals surface area contributed by atoms with E-state index >= 15 is 0 Å². The number of nitriles is 1. The molecule has 1 unspecified atom stereocenters. The van der Waals surface area contributed by atoms with Crippen molar-refractivity contribution in [1.82, 2.24) is 4.57 Å². The average molecular weight is 490 g/mol. The molecule has 0 saturated carbocycles. The van der Waals surface area contributed by atoms with Crippen LogP contribution in [0.5, 0.6) is 11.5 Å². The number of nitrogens with two attached hydrogens (primary N) is 1. The molecule has 1 aliphatic rings. The second-order valence-electron chi connectivity index (χ2n) is 7.52. The Morgan fingerprint density at radius 1 is 1.14 bits per heavy atom. The molecule has 35 heavy (non-hydrogen) atoms. The normalized spacial score (nSPS) is 15.4. The van der Waals surface area contributed by atoms with E-state index in [9.17, 15) is 14.9 Å². The van der Waals surface area contributed by atoms with Crippen LogP contribution in [0, 0.1) is 11.3 Å². The zero-order chi connectivity index (χ0) is 25.1. The third kappa shape index (κ3) is 4.09. The van der Waals surface area contributed by atoms with E-state index in [-0.39, 0.29) is 23.6 Å². The molecule has 3 aromatic rings. The number of nitrogens with zero attached hydrogens (tertiary/aromatic N) is 2. The van der Waals surface area contributed by atoms with Gasteiger partial charge < -0.3 is 19.9 Å². The van der Waals surface area contributed by atoms with E-state index in [0.717, 1.165) is 11.3 Å². The van der Waals surface area contributed by atoms with Gasteiger partial charge in [0.25, 0.3) is 5.56 Å². The fourth-order valence-electron chi connectivity index (χ4n) is 4.10. The van der Waals surface area contributed by atoms with Crippen molar-refractivity contribution >= 4 is 34.8 Å². The molecule has 1 aliphatic heterocycles. The number of para-hydroxylation sites is 2. The number of allylic oxidation sites excluding steroid dienone is 1. The maximum atomic E-state index is 13.5. The largest absolute Gasteiger partial charge is 0.496 e. The number of methoxy groups -OCH3 is 2. The van der Waals surface area contributed by atoms with Crippen molar-refractivity contribution in [3.05, 3.63) is 84.8 Å². The molecule has 2 N–H and O–H groups in total. The van der Waals surface area contributed by atoms with E-state index in [4.69, 9.17) is 19.9 Å². The molecule has 1 aromatic heterocycles. The lowest BCUT2D eigenvalue weighted by Gasteiger charge is -2.25. The third-order valence-electron chi connectivity index (χ3n) is 5.64. The molecule has 0 aliphatic carbocycles. The number of hydrogen-bond donors (Lipinski definition) is 1. The monoisotopic (exact) mass is 489 g/mol. The van der Waals surface area contributed by atoms with Crippen LogP contribution in [0.15, 0.2) is 58.9 Å². The van der Waals surface area contributed by atoms with Gasteiger partial charge in [-0.1, -0.05) is 36.4 Å². The van der Waals surface area contributed by atoms with Crippen molar-refractivity contribution in [2.45, 2.75) is 12.8 Å². The van der Waals surface area contributed by atoms with E-state index < -0.39 is 17.4 Å². The lowest BCUT2D eigenvalue weighted by atomic mass is 9.83. The Hall–Kier alpha value is -4.29. The van der Waals surface area contributed by atoms with E-state index in [1.165, 1.54) is 11.7 Å². The summed E-state index contributed by atoms with van der Waals surface area (Å²) in [6.07, 6.45) is 1.68. The van der Waals surface area contributed by atoms with Gasteiger partial charge in [0.05, 0.1) is 48.5 Å². The zero-order valence-corrected chi connectivity index (χ0v) is 20.2. The number of esters is 1. The van der Waals surface area contributed by atoms with Crippen LogP contribution in [0.1, 0.15) is 24.0 Å². The minimum atomic E-state index is -0.868. The van der Waals surface area contributed by atoms with E-state index in [1.54, 1.807) is 50.4 Å². The molecule has 178 valence electrons. The topological polar surface area (TPSA) is 117 Å². The molecule has 0 fully saturated rings. The summed E-state index contributed by atoms with van der Waals surface area (Å²) in [6, 6.07) is 16.4. The van der Waals surface area contributed by atoms with Gasteiger partial charge in [-0.05, 0) is 25.1 Å². The van der Waals surface area contributed by atoms with Crippen LogP contribution in [0.2, 0.25) is 0 Å². The van der Waals surface area contributed by atoms with Crippen molar-refractivity contribution in [2.24, 2.45) is 5.73 Å². The van der Waals surface area contributed by atoms with Gasteiger partial charge in [-0.2, -0.15) is 5.26 Å². The number of rotatable bonds is 6. The molecule has 0 radical (unpaired) electrons. The maximum absolute atomic E-state index is 13.5. The number of aromatic nitrogens is 1. The Morgan fingerprint density at radius 3 is 2.46 bits per heavy atom. The van der Waals surface area contributed by atoms with Gasteiger partial charge in [0.15, 0.2) is 0 Å². The highest BCUT2D eigenvalue weighted by atomic mass is 32.1. The van der Waals surface area contributed by atoms with Crippen molar-refractivity contribution in [3.63, 3.8) is 0 Å². The fourth-order valence-corrected chi connectivity index (χ4v) is 5.25. The Morgan fingerprint density at radius 2 is 1.80 bits per heavy atom. The number of carbonyl (C=O) groups is 1. The third-order valence-corrected chi connectivity index (χ3v) is 6.75. The molecule has 0 spiro atoms. The van der Waals surface area contributed by atoms with Crippen molar-refractivity contribution in [1.29, 1.82) is 5.26 Å². The molecule has 1 atom stereocenters. The summed E-state index contributed by atoms with van der Waals surface area (Å²) in [5.41, 5.74) is 7.44. The predicted molar refractivity (Wildman–Crippen MR) is 133 cm³/mol. The number of ether oxygens (including phenoxy) is 3. The van der Waals surface area contributed by atoms with Gasteiger partial charge in [-0.15, -0.1) is 11.3 Å². The van der Waals surface area contributed by atoms with Crippen LogP contribution >= 0.6 is 11.3 Å². The Bertz CT molecular complexity index is 1560. The molecule has 2 aromatic carbocycles. The van der Waals surface area contributed by atoms with Crippen LogP contribution in [0.3, 0.4) is 0 Å². The maximum Gasteiger partial charge on any atom is 0.338 e. The van der Waals surface area contributed by atoms with Crippen LogP contribution in [-0.2, 0) is 9.53 Å². The quantitative estimate of drug-likeness (QED) is 0.526. The highest BCUT2D eigenvalue weighted by Crippen LogP contribution is 2.40. The van der Waals surface area contributed by atoms with Gasteiger partial charge in [-0.25, -0.2) is 4.79 Å². The molecule has 0 bridgehead atoms. The predicted octanol–water partition coefficient (Wildman–Crippen LogP) is 1.92. The standard InChI is InChI=1S/C26H23N3O5S/c1-4-34-26(31)22-21(16-10-6-8-12-19(16)33-3)17(14-27)23(28)29-24(30)20(35-25(22)29)13-15-9-5-7-11-18(15)32-2/h5-13,21H,4,28H2,1-3H3/b20-13-. The molecular weight excluding hydrogens is 466 g/mol. The van der Waals surface area contributed by atoms with Gasteiger partial charge in [-0.3, -0.25) is 9.36 Å². The first kappa shape index (κ1) is 23.9. The minimum Gasteiger partial charge on any atom is -0.496 e. The molecule has 0 amide bonds. The van der Waals surface area contributed by atoms with Gasteiger partial charge >= 0.3 is 5.97 Å². The summed E-state index contributed by atoms with van der Waals surface area (Å²) < 4.78 is 18.1. The molecule has 8 nitrogen and oxygen atoms in total. The number of carbonyl (C=O) groups excluding carboxylic acids is 1. The van der Waals surface area contributed by atoms with Gasteiger partial charge in [0, 0.05) is 11.1 Å². The molecule has 2 heterocycles. The van der Waals surface area contributed by atoms with Crippen molar-refractivity contribution < 1.29 is 19.0 Å². The fraction of sp³-hybridized carbons (Fsp3) is 0.192. The first-order valence-electron chi connectivity index (χ1n) is 10.8. The first-order valence-corrected chi connectivity index (χ1v) is 11.6. The Balaban J connectivity index is 2.13. The molecule has 0 saturated heterocycles. The minimum absolute atomic E-state index is 0.0348. The number of hydrogen-bond acceptors (Lipinski definition) is 8. The molecular formula is C26H23N3O5S. The summed E-state index contributed by atoms with van der Waals surface area (Å²) in [7, 11) is 3.05. The van der Waals surface area contributed by atoms with Crippen molar-refractivity contribution in [3.8, 4) is 17.6 Å². The van der Waals surface area contributed by atoms with E-state index in [0.29, 0.717) is 31.8 Å². The van der Waals surface area contributed by atoms with Crippen LogP contribution < -0.4 is 30.0 Å². The SMILES string of the molecule is CCOC(=O)C1=c2s/c(=C\c3ccccc3OC)c(=O)n2C(N)=C(C#N)C1c1ccccc1OC. The average Bonchev–Trinajstić information content (AvgIpc) is 3.19. The summed E-state index contributed by atoms with van der Waals surface area (Å²) >= 11 is 1.10. The first-order chi connectivity index (χ1) is 17.0. The Kier molecular flexibility index (Phi) is 6.75. The lowest BCUT2D eigenvalue weighted by molar-refractivity contribution is -0.136. The second kappa shape index (κ2) is 9.91. The van der Waals surface area contributed by atoms with E-state index in [2.05, 4.69) is 6.07 Å². The number of thiazole rings is 1. The number of fused-ring (bicyclic) bond motifs is 1.